The molecule has 4 heterocycles. The molecule has 1 N–H and O–H groups in total. The first-order valence-electron chi connectivity index (χ1n) is 10.9. The third kappa shape index (κ3) is 3.46. The van der Waals surface area contributed by atoms with Crippen LogP contribution in [0.15, 0.2) is 65.7 Å². The van der Waals surface area contributed by atoms with Crippen molar-refractivity contribution in [3.05, 3.63) is 88.4 Å². The van der Waals surface area contributed by atoms with E-state index in [1.807, 2.05) is 17.0 Å². The highest BCUT2D eigenvalue weighted by Gasteiger charge is 2.56. The summed E-state index contributed by atoms with van der Waals surface area (Å²) in [5.74, 6) is -1.48. The number of aliphatic hydroxyl groups is 1. The molecule has 1 saturated heterocycles. The second-order valence-electron chi connectivity index (χ2n) is 8.52. The van der Waals surface area contributed by atoms with Crippen LogP contribution in [0.5, 0.6) is 0 Å². The van der Waals surface area contributed by atoms with Gasteiger partial charge in [0.2, 0.25) is 0 Å². The number of aliphatic hydroxyl groups excluding tert-OH is 1. The lowest BCUT2D eigenvalue weighted by Crippen LogP contribution is -2.43. The fourth-order valence-corrected chi connectivity index (χ4v) is 5.44. The SMILES string of the molecule is COC(=O)[C@H]1[C@H](CO)[C@H]2Cn3c(ccc(-c4cccnc4)c3=O)[C@H]2N1Cc1ccccc1F. The Bertz CT molecular complexity index is 1250. The van der Waals surface area contributed by atoms with Gasteiger partial charge >= 0.3 is 5.97 Å². The number of halogens is 1. The molecular weight excluding hydrogens is 425 g/mol. The standard InChI is InChI=1S/C25H24FN3O4/c1-33-25(32)23-19(14-30)18-13-28-21(9-8-17(24(28)31)15-6-4-10-27-11-15)22(18)29(23)12-16-5-2-3-7-20(16)26/h2-11,18-19,22-23,30H,12-14H2,1H3/t18-,19-,22+,23-/m1/s1. The normalized spacial score (nSPS) is 23.8. The molecule has 5 rings (SSSR count). The minimum Gasteiger partial charge on any atom is -0.468 e. The van der Waals surface area contributed by atoms with Crippen molar-refractivity contribution in [1.82, 2.24) is 14.5 Å². The lowest BCUT2D eigenvalue weighted by Gasteiger charge is -2.30. The number of aromatic nitrogens is 2. The van der Waals surface area contributed by atoms with Gasteiger partial charge in [0.05, 0.1) is 13.2 Å². The molecule has 0 aliphatic carbocycles. The van der Waals surface area contributed by atoms with Crippen molar-refractivity contribution in [3.8, 4) is 11.1 Å². The molecule has 2 aliphatic heterocycles. The number of hydrogen-bond acceptors (Lipinski definition) is 6. The van der Waals surface area contributed by atoms with Crippen molar-refractivity contribution >= 4 is 5.97 Å². The second kappa shape index (κ2) is 8.53. The highest BCUT2D eigenvalue weighted by atomic mass is 19.1. The number of nitrogens with zero attached hydrogens (tertiary/aromatic N) is 3. The van der Waals surface area contributed by atoms with E-state index in [4.69, 9.17) is 4.74 Å². The molecule has 0 bridgehead atoms. The summed E-state index contributed by atoms with van der Waals surface area (Å²) >= 11 is 0. The molecule has 0 spiro atoms. The number of carbonyl (C=O) groups excluding carboxylic acids is 1. The van der Waals surface area contributed by atoms with Crippen LogP contribution in [0.4, 0.5) is 4.39 Å². The molecule has 33 heavy (non-hydrogen) atoms. The fourth-order valence-electron chi connectivity index (χ4n) is 5.44. The molecule has 0 radical (unpaired) electrons. The smallest absolute Gasteiger partial charge is 0.323 e. The van der Waals surface area contributed by atoms with Crippen molar-refractivity contribution in [1.29, 1.82) is 0 Å². The van der Waals surface area contributed by atoms with Gasteiger partial charge in [-0.2, -0.15) is 0 Å². The molecule has 0 unspecified atom stereocenters. The summed E-state index contributed by atoms with van der Waals surface area (Å²) in [6.07, 6.45) is 3.30. The minimum atomic E-state index is -0.739. The Morgan fingerprint density at radius 2 is 2.03 bits per heavy atom. The average Bonchev–Trinajstić information content (AvgIpc) is 3.36. The molecule has 7 nitrogen and oxygen atoms in total. The summed E-state index contributed by atoms with van der Waals surface area (Å²) < 4.78 is 21.3. The number of methoxy groups -OCH3 is 1. The van der Waals surface area contributed by atoms with Crippen LogP contribution in [0.25, 0.3) is 11.1 Å². The molecule has 1 fully saturated rings. The Hall–Kier alpha value is -3.36. The number of carbonyl (C=O) groups is 1. The van der Waals surface area contributed by atoms with E-state index in [0.29, 0.717) is 17.7 Å². The maximum Gasteiger partial charge on any atom is 0.323 e. The fraction of sp³-hybridized carbons (Fsp3) is 0.320. The van der Waals surface area contributed by atoms with Gasteiger partial charge in [0.25, 0.3) is 5.56 Å². The van der Waals surface area contributed by atoms with E-state index >= 15 is 0 Å². The first-order valence-corrected chi connectivity index (χ1v) is 10.9. The molecule has 170 valence electrons. The first-order chi connectivity index (χ1) is 16.0. The van der Waals surface area contributed by atoms with E-state index < -0.39 is 17.9 Å². The molecule has 0 saturated carbocycles. The highest BCUT2D eigenvalue weighted by molar-refractivity contribution is 5.77. The van der Waals surface area contributed by atoms with Crippen LogP contribution in [-0.2, 0) is 22.6 Å². The van der Waals surface area contributed by atoms with Gasteiger partial charge in [0.15, 0.2) is 0 Å². The van der Waals surface area contributed by atoms with Crippen molar-refractivity contribution in [2.75, 3.05) is 13.7 Å². The Labute approximate surface area is 190 Å². The number of hydrogen-bond donors (Lipinski definition) is 1. The predicted octanol–water partition coefficient (Wildman–Crippen LogP) is 2.39. The van der Waals surface area contributed by atoms with Crippen LogP contribution >= 0.6 is 0 Å². The maximum absolute atomic E-state index is 14.5. The summed E-state index contributed by atoms with van der Waals surface area (Å²) in [7, 11) is 1.31. The third-order valence-electron chi connectivity index (χ3n) is 6.92. The molecular formula is C25H24FN3O4. The van der Waals surface area contributed by atoms with Crippen LogP contribution < -0.4 is 5.56 Å². The summed E-state index contributed by atoms with van der Waals surface area (Å²) in [4.78, 5) is 32.1. The largest absolute Gasteiger partial charge is 0.468 e. The minimum absolute atomic E-state index is 0.146. The molecule has 2 aliphatic rings. The van der Waals surface area contributed by atoms with Crippen LogP contribution in [0.3, 0.4) is 0 Å². The average molecular weight is 449 g/mol. The van der Waals surface area contributed by atoms with Crippen LogP contribution in [0.1, 0.15) is 17.3 Å². The summed E-state index contributed by atoms with van der Waals surface area (Å²) in [5.41, 5.74) is 2.31. The third-order valence-corrected chi connectivity index (χ3v) is 6.92. The topological polar surface area (TPSA) is 84.7 Å². The van der Waals surface area contributed by atoms with E-state index in [2.05, 4.69) is 4.98 Å². The van der Waals surface area contributed by atoms with E-state index in [1.54, 1.807) is 47.3 Å². The molecule has 2 aromatic heterocycles. The highest BCUT2D eigenvalue weighted by Crippen LogP contribution is 2.50. The van der Waals surface area contributed by atoms with Gasteiger partial charge in [0, 0.05) is 66.3 Å². The van der Waals surface area contributed by atoms with Crippen molar-refractivity contribution in [3.63, 3.8) is 0 Å². The van der Waals surface area contributed by atoms with Crippen LogP contribution in [-0.4, -0.2) is 45.3 Å². The predicted molar refractivity (Wildman–Crippen MR) is 118 cm³/mol. The van der Waals surface area contributed by atoms with Gasteiger partial charge in [-0.15, -0.1) is 0 Å². The number of rotatable bonds is 5. The van der Waals surface area contributed by atoms with Gasteiger partial charge in [-0.25, -0.2) is 4.39 Å². The van der Waals surface area contributed by atoms with Crippen LogP contribution in [0, 0.1) is 17.7 Å². The molecule has 0 amide bonds. The molecule has 4 atom stereocenters. The van der Waals surface area contributed by atoms with Gasteiger partial charge in [-0.1, -0.05) is 24.3 Å². The zero-order valence-corrected chi connectivity index (χ0v) is 18.1. The van der Waals surface area contributed by atoms with Crippen molar-refractivity contribution in [2.45, 2.75) is 25.2 Å². The lowest BCUT2D eigenvalue weighted by atomic mass is 9.88. The zero-order chi connectivity index (χ0) is 23.1. The van der Waals surface area contributed by atoms with E-state index in [-0.39, 0.29) is 36.5 Å². The number of benzene rings is 1. The Morgan fingerprint density at radius 3 is 2.73 bits per heavy atom. The number of pyridine rings is 2. The van der Waals surface area contributed by atoms with Crippen molar-refractivity contribution in [2.24, 2.45) is 11.8 Å². The summed E-state index contributed by atoms with van der Waals surface area (Å²) in [5, 5.41) is 10.2. The first kappa shape index (κ1) is 21.5. The zero-order valence-electron chi connectivity index (χ0n) is 18.1. The van der Waals surface area contributed by atoms with E-state index in [0.717, 1.165) is 11.3 Å². The Kier molecular flexibility index (Phi) is 5.55. The molecule has 3 aromatic rings. The second-order valence-corrected chi connectivity index (χ2v) is 8.52. The van der Waals surface area contributed by atoms with E-state index in [1.165, 1.54) is 13.2 Å². The summed E-state index contributed by atoms with van der Waals surface area (Å²) in [6.45, 7) is 0.273. The number of ether oxygens (including phenoxy) is 1. The van der Waals surface area contributed by atoms with E-state index in [9.17, 15) is 19.1 Å². The number of esters is 1. The van der Waals surface area contributed by atoms with Crippen LogP contribution in [0.2, 0.25) is 0 Å². The summed E-state index contributed by atoms with van der Waals surface area (Å²) in [6, 6.07) is 12.6. The molecule has 8 heteroatoms. The lowest BCUT2D eigenvalue weighted by molar-refractivity contribution is -0.148. The Balaban J connectivity index is 1.61. The quantitative estimate of drug-likeness (QED) is 0.602. The number of likely N-dealkylation sites (tertiary alicyclic amines) is 1. The number of fused-ring (bicyclic) bond motifs is 3. The monoisotopic (exact) mass is 449 g/mol. The molecule has 1 aromatic carbocycles. The van der Waals surface area contributed by atoms with Gasteiger partial charge in [-0.05, 0) is 24.3 Å². The van der Waals surface area contributed by atoms with Gasteiger partial charge < -0.3 is 14.4 Å². The maximum atomic E-state index is 14.5. The van der Waals surface area contributed by atoms with Crippen molar-refractivity contribution < 1.29 is 19.0 Å². The van der Waals surface area contributed by atoms with Gasteiger partial charge in [-0.3, -0.25) is 19.5 Å². The Morgan fingerprint density at radius 1 is 1.21 bits per heavy atom. The van der Waals surface area contributed by atoms with Gasteiger partial charge in [0.1, 0.15) is 11.9 Å².